The van der Waals surface area contributed by atoms with Crippen LogP contribution in [0.2, 0.25) is 0 Å². The maximum absolute atomic E-state index is 12.3. The van der Waals surface area contributed by atoms with Crippen molar-refractivity contribution in [3.63, 3.8) is 0 Å². The van der Waals surface area contributed by atoms with Crippen molar-refractivity contribution in [3.05, 3.63) is 35.4 Å². The molecule has 108 valence electrons. The Morgan fingerprint density at radius 1 is 1.40 bits per heavy atom. The number of nitrogens with one attached hydrogen (secondary N) is 2. The van der Waals surface area contributed by atoms with Gasteiger partial charge >= 0.3 is 5.97 Å². The molecule has 6 nitrogen and oxygen atoms in total. The molecule has 6 heteroatoms. The van der Waals surface area contributed by atoms with Crippen molar-refractivity contribution in [2.24, 2.45) is 0 Å². The Kier molecular flexibility index (Phi) is 4.36. The summed E-state index contributed by atoms with van der Waals surface area (Å²) in [5, 5.41) is 23.9. The number of benzene rings is 1. The number of carbonyl (C=O) groups is 2. The predicted octanol–water partition coefficient (Wildman–Crippen LogP) is -0.176. The molecule has 1 heterocycles. The average molecular weight is 278 g/mol. The van der Waals surface area contributed by atoms with E-state index in [9.17, 15) is 14.7 Å². The van der Waals surface area contributed by atoms with Crippen LogP contribution in [0.3, 0.4) is 0 Å². The molecular weight excluding hydrogens is 260 g/mol. The van der Waals surface area contributed by atoms with Gasteiger partial charge in [0.2, 0.25) is 5.91 Å². The zero-order chi connectivity index (χ0) is 14.7. The minimum Gasteiger partial charge on any atom is -0.480 e. The van der Waals surface area contributed by atoms with Crippen LogP contribution in [0.5, 0.6) is 0 Å². The van der Waals surface area contributed by atoms with Crippen LogP contribution in [0.15, 0.2) is 24.3 Å². The first-order valence-electron chi connectivity index (χ1n) is 6.50. The van der Waals surface area contributed by atoms with Crippen LogP contribution < -0.4 is 10.6 Å². The van der Waals surface area contributed by atoms with Crippen LogP contribution in [0.1, 0.15) is 24.0 Å². The van der Waals surface area contributed by atoms with Crippen LogP contribution in [-0.4, -0.2) is 40.8 Å². The molecule has 1 aliphatic heterocycles. The van der Waals surface area contributed by atoms with Gasteiger partial charge in [0.1, 0.15) is 0 Å². The maximum atomic E-state index is 12.3. The van der Waals surface area contributed by atoms with E-state index in [0.29, 0.717) is 13.1 Å². The van der Waals surface area contributed by atoms with Gasteiger partial charge in [-0.3, -0.25) is 4.79 Å². The molecular formula is C14H18N2O4. The maximum Gasteiger partial charge on any atom is 0.328 e. The molecule has 1 aromatic carbocycles. The van der Waals surface area contributed by atoms with Crippen molar-refractivity contribution >= 4 is 11.9 Å². The van der Waals surface area contributed by atoms with Crippen LogP contribution in [0, 0.1) is 0 Å². The molecule has 1 aliphatic rings. The van der Waals surface area contributed by atoms with E-state index in [1.807, 2.05) is 24.3 Å². The van der Waals surface area contributed by atoms with Crippen molar-refractivity contribution in [1.29, 1.82) is 0 Å². The molecule has 2 rings (SSSR count). The van der Waals surface area contributed by atoms with E-state index in [2.05, 4.69) is 10.6 Å². The van der Waals surface area contributed by atoms with E-state index in [-0.39, 0.29) is 0 Å². The largest absolute Gasteiger partial charge is 0.480 e. The highest BCUT2D eigenvalue weighted by Crippen LogP contribution is 2.24. The SMILES string of the molecule is CC(O)C(NC(=O)C1CNCc2ccccc21)C(=O)O. The number of amides is 1. The van der Waals surface area contributed by atoms with E-state index in [0.717, 1.165) is 11.1 Å². The smallest absolute Gasteiger partial charge is 0.328 e. The summed E-state index contributed by atoms with van der Waals surface area (Å²) in [6, 6.07) is 6.27. The lowest BCUT2D eigenvalue weighted by molar-refractivity contribution is -0.145. The normalized spacial score (nSPS) is 20.6. The zero-order valence-electron chi connectivity index (χ0n) is 11.2. The number of carboxylic acids is 1. The number of fused-ring (bicyclic) bond motifs is 1. The molecule has 0 aromatic heterocycles. The Balaban J connectivity index is 2.16. The molecule has 1 aromatic rings. The highest BCUT2D eigenvalue weighted by molar-refractivity contribution is 5.89. The predicted molar refractivity (Wildman–Crippen MR) is 72.1 cm³/mol. The van der Waals surface area contributed by atoms with Crippen molar-refractivity contribution < 1.29 is 19.8 Å². The topological polar surface area (TPSA) is 98.7 Å². The highest BCUT2D eigenvalue weighted by Gasteiger charge is 2.31. The third-order valence-corrected chi connectivity index (χ3v) is 3.46. The van der Waals surface area contributed by atoms with E-state index in [1.54, 1.807) is 0 Å². The lowest BCUT2D eigenvalue weighted by atomic mass is 9.90. The van der Waals surface area contributed by atoms with Crippen LogP contribution in [0.4, 0.5) is 0 Å². The minimum absolute atomic E-state index is 0.391. The van der Waals surface area contributed by atoms with Gasteiger partial charge in [-0.15, -0.1) is 0 Å². The van der Waals surface area contributed by atoms with E-state index >= 15 is 0 Å². The quantitative estimate of drug-likeness (QED) is 0.612. The summed E-state index contributed by atoms with van der Waals surface area (Å²) in [6.45, 7) is 2.49. The fourth-order valence-electron chi connectivity index (χ4n) is 2.37. The number of rotatable bonds is 4. The molecule has 0 bridgehead atoms. The third-order valence-electron chi connectivity index (χ3n) is 3.46. The average Bonchev–Trinajstić information content (AvgIpc) is 2.43. The fourth-order valence-corrected chi connectivity index (χ4v) is 2.37. The highest BCUT2D eigenvalue weighted by atomic mass is 16.4. The molecule has 0 aliphatic carbocycles. The monoisotopic (exact) mass is 278 g/mol. The van der Waals surface area contributed by atoms with Gasteiger partial charge in [0.25, 0.3) is 0 Å². The number of aliphatic hydroxyl groups excluding tert-OH is 1. The standard InChI is InChI=1S/C14H18N2O4/c1-8(17)12(14(19)20)16-13(18)11-7-15-6-9-4-2-3-5-10(9)11/h2-5,8,11-12,15,17H,6-7H2,1H3,(H,16,18)(H,19,20). The van der Waals surface area contributed by atoms with Gasteiger partial charge in [0.05, 0.1) is 12.0 Å². The van der Waals surface area contributed by atoms with E-state index in [4.69, 9.17) is 5.11 Å². The second kappa shape index (κ2) is 6.02. The number of hydrogen-bond acceptors (Lipinski definition) is 4. The molecule has 0 fully saturated rings. The van der Waals surface area contributed by atoms with Crippen LogP contribution in [-0.2, 0) is 16.1 Å². The van der Waals surface area contributed by atoms with Gasteiger partial charge in [-0.2, -0.15) is 0 Å². The molecule has 3 unspecified atom stereocenters. The van der Waals surface area contributed by atoms with Crippen molar-refractivity contribution in [3.8, 4) is 0 Å². The lowest BCUT2D eigenvalue weighted by Crippen LogP contribution is -2.50. The van der Waals surface area contributed by atoms with Crippen molar-refractivity contribution in [2.45, 2.75) is 31.5 Å². The molecule has 0 saturated carbocycles. The minimum atomic E-state index is -1.29. The first-order valence-corrected chi connectivity index (χ1v) is 6.50. The summed E-state index contributed by atoms with van der Waals surface area (Å²) in [6.07, 6.45) is -1.15. The Bertz CT molecular complexity index is 516. The Labute approximate surface area is 116 Å². The Morgan fingerprint density at radius 2 is 2.10 bits per heavy atom. The number of hydrogen-bond donors (Lipinski definition) is 4. The van der Waals surface area contributed by atoms with Gasteiger partial charge in [0.15, 0.2) is 6.04 Å². The Hall–Kier alpha value is -1.92. The molecule has 0 spiro atoms. The summed E-state index contributed by atoms with van der Waals surface area (Å²) >= 11 is 0. The first-order chi connectivity index (χ1) is 9.50. The zero-order valence-corrected chi connectivity index (χ0v) is 11.2. The summed E-state index contributed by atoms with van der Waals surface area (Å²) in [5.74, 6) is -2.08. The Morgan fingerprint density at radius 3 is 2.75 bits per heavy atom. The van der Waals surface area contributed by atoms with Gasteiger partial charge in [-0.25, -0.2) is 4.79 Å². The first kappa shape index (κ1) is 14.5. The van der Waals surface area contributed by atoms with Gasteiger partial charge < -0.3 is 20.8 Å². The fraction of sp³-hybridized carbons (Fsp3) is 0.429. The van der Waals surface area contributed by atoms with Gasteiger partial charge in [0, 0.05) is 13.1 Å². The number of carboxylic acid groups (broad SMARTS) is 1. The summed E-state index contributed by atoms with van der Waals surface area (Å²) in [7, 11) is 0. The molecule has 0 radical (unpaired) electrons. The van der Waals surface area contributed by atoms with E-state index < -0.39 is 29.9 Å². The molecule has 20 heavy (non-hydrogen) atoms. The number of carbonyl (C=O) groups excluding carboxylic acids is 1. The summed E-state index contributed by atoms with van der Waals surface area (Å²) in [4.78, 5) is 23.3. The summed E-state index contributed by atoms with van der Waals surface area (Å²) < 4.78 is 0. The molecule has 3 atom stereocenters. The second-order valence-electron chi connectivity index (χ2n) is 4.95. The van der Waals surface area contributed by atoms with Gasteiger partial charge in [-0.05, 0) is 18.1 Å². The molecule has 0 saturated heterocycles. The molecule has 4 N–H and O–H groups in total. The van der Waals surface area contributed by atoms with Crippen LogP contribution >= 0.6 is 0 Å². The number of aliphatic carboxylic acids is 1. The molecule has 1 amide bonds. The lowest BCUT2D eigenvalue weighted by Gasteiger charge is -2.27. The van der Waals surface area contributed by atoms with Crippen molar-refractivity contribution in [1.82, 2.24) is 10.6 Å². The van der Waals surface area contributed by atoms with Crippen molar-refractivity contribution in [2.75, 3.05) is 6.54 Å². The van der Waals surface area contributed by atoms with Crippen LogP contribution in [0.25, 0.3) is 0 Å². The van der Waals surface area contributed by atoms with Gasteiger partial charge in [-0.1, -0.05) is 24.3 Å². The second-order valence-corrected chi connectivity index (χ2v) is 4.95. The number of aliphatic hydroxyl groups is 1. The van der Waals surface area contributed by atoms with E-state index in [1.165, 1.54) is 6.92 Å². The summed E-state index contributed by atoms with van der Waals surface area (Å²) in [5.41, 5.74) is 1.93. The third kappa shape index (κ3) is 2.97.